The van der Waals surface area contributed by atoms with Gasteiger partial charge in [0.1, 0.15) is 16.8 Å². The first kappa shape index (κ1) is 25.5. The zero-order valence-electron chi connectivity index (χ0n) is 20.2. The molecule has 4 rings (SSSR count). The Balaban J connectivity index is 1.41. The molecule has 0 fully saturated rings. The lowest BCUT2D eigenvalue weighted by Crippen LogP contribution is -2.15. The number of benzene rings is 1. The van der Waals surface area contributed by atoms with E-state index in [9.17, 15) is 10.1 Å². The number of anilines is 1. The molecule has 1 aliphatic carbocycles. The maximum absolute atomic E-state index is 12.7. The number of nitriles is 1. The molecule has 2 unspecified atom stereocenters. The Hall–Kier alpha value is -2.54. The maximum Gasteiger partial charge on any atom is 0.235 e. The number of hydrogen-bond acceptors (Lipinski definition) is 7. The van der Waals surface area contributed by atoms with Crippen LogP contribution in [0.25, 0.3) is 0 Å². The summed E-state index contributed by atoms with van der Waals surface area (Å²) in [5, 5.41) is 23.3. The SMILES string of the molecule is CCn1c(SCC(=O)Nc2sc3c(c2C#N)CCC(C)C3)nnc1C(C)Oc1ccc(Cl)c(C)c1. The molecule has 3 aromatic rings. The van der Waals surface area contributed by atoms with Crippen molar-refractivity contribution >= 4 is 45.6 Å². The summed E-state index contributed by atoms with van der Waals surface area (Å²) < 4.78 is 8.03. The number of amides is 1. The van der Waals surface area contributed by atoms with Gasteiger partial charge in [0, 0.05) is 16.4 Å². The summed E-state index contributed by atoms with van der Waals surface area (Å²) in [6, 6.07) is 7.83. The second kappa shape index (κ2) is 11.0. The van der Waals surface area contributed by atoms with Crippen LogP contribution in [-0.2, 0) is 24.2 Å². The molecule has 1 N–H and O–H groups in total. The van der Waals surface area contributed by atoms with E-state index in [2.05, 4.69) is 28.5 Å². The molecule has 1 aliphatic rings. The molecule has 2 atom stereocenters. The summed E-state index contributed by atoms with van der Waals surface area (Å²) in [6.07, 6.45) is 2.62. The highest BCUT2D eigenvalue weighted by molar-refractivity contribution is 7.99. The molecule has 2 aromatic heterocycles. The molecule has 0 aliphatic heterocycles. The monoisotopic (exact) mass is 529 g/mol. The van der Waals surface area contributed by atoms with Crippen molar-refractivity contribution in [1.29, 1.82) is 5.26 Å². The van der Waals surface area contributed by atoms with E-state index in [-0.39, 0.29) is 17.8 Å². The van der Waals surface area contributed by atoms with Gasteiger partial charge in [0.25, 0.3) is 0 Å². The standard InChI is InChI=1S/C25H28ClN5O2S2/c1-5-31-23(16(4)33-17-7-9-20(26)15(3)11-17)29-30-25(31)34-13-22(32)28-24-19(12-27)18-8-6-14(2)10-21(18)35-24/h7,9,11,14,16H,5-6,8,10,13H2,1-4H3,(H,28,32). The predicted octanol–water partition coefficient (Wildman–Crippen LogP) is 6.19. The number of thiophene rings is 1. The second-order valence-corrected chi connectivity index (χ2v) is 11.2. The van der Waals surface area contributed by atoms with E-state index in [4.69, 9.17) is 16.3 Å². The van der Waals surface area contributed by atoms with Gasteiger partial charge in [0.15, 0.2) is 17.1 Å². The van der Waals surface area contributed by atoms with E-state index in [1.54, 1.807) is 0 Å². The first-order valence-electron chi connectivity index (χ1n) is 11.6. The molecule has 0 saturated carbocycles. The second-order valence-electron chi connectivity index (χ2n) is 8.76. The van der Waals surface area contributed by atoms with Gasteiger partial charge >= 0.3 is 0 Å². The maximum atomic E-state index is 12.7. The zero-order valence-corrected chi connectivity index (χ0v) is 22.6. The Morgan fingerprint density at radius 3 is 2.97 bits per heavy atom. The quantitative estimate of drug-likeness (QED) is 0.350. The van der Waals surface area contributed by atoms with Crippen LogP contribution in [0.15, 0.2) is 23.4 Å². The van der Waals surface area contributed by atoms with Gasteiger partial charge in [0.05, 0.1) is 11.3 Å². The van der Waals surface area contributed by atoms with Crippen molar-refractivity contribution in [3.8, 4) is 11.8 Å². The third-order valence-electron chi connectivity index (χ3n) is 6.08. The van der Waals surface area contributed by atoms with Crippen LogP contribution in [0.1, 0.15) is 60.7 Å². The third-order valence-corrected chi connectivity index (χ3v) is 8.64. The zero-order chi connectivity index (χ0) is 25.1. The van der Waals surface area contributed by atoms with Gasteiger partial charge in [-0.2, -0.15) is 5.26 Å². The number of hydrogen-bond donors (Lipinski definition) is 1. The minimum absolute atomic E-state index is 0.161. The number of nitrogens with one attached hydrogen (secondary N) is 1. The smallest absolute Gasteiger partial charge is 0.235 e. The first-order chi connectivity index (χ1) is 16.8. The minimum atomic E-state index is -0.329. The van der Waals surface area contributed by atoms with Crippen LogP contribution in [0, 0.1) is 24.2 Å². The fourth-order valence-electron chi connectivity index (χ4n) is 4.20. The van der Waals surface area contributed by atoms with Gasteiger partial charge in [-0.05, 0) is 75.3 Å². The number of fused-ring (bicyclic) bond motifs is 1. The molecule has 35 heavy (non-hydrogen) atoms. The highest BCUT2D eigenvalue weighted by Gasteiger charge is 2.25. The van der Waals surface area contributed by atoms with Gasteiger partial charge in [-0.1, -0.05) is 30.3 Å². The number of rotatable bonds is 8. The summed E-state index contributed by atoms with van der Waals surface area (Å²) in [5.74, 6) is 2.02. The van der Waals surface area contributed by atoms with Crippen LogP contribution in [0.2, 0.25) is 5.02 Å². The number of halogens is 1. The van der Waals surface area contributed by atoms with Crippen molar-refractivity contribution in [2.24, 2.45) is 5.92 Å². The molecule has 0 spiro atoms. The molecule has 10 heteroatoms. The van der Waals surface area contributed by atoms with Crippen molar-refractivity contribution in [1.82, 2.24) is 14.8 Å². The molecule has 0 saturated heterocycles. The Kier molecular flexibility index (Phi) is 8.05. The van der Waals surface area contributed by atoms with Crippen molar-refractivity contribution in [3.63, 3.8) is 0 Å². The topological polar surface area (TPSA) is 92.8 Å². The minimum Gasteiger partial charge on any atom is -0.483 e. The van der Waals surface area contributed by atoms with Crippen molar-refractivity contribution in [2.45, 2.75) is 64.8 Å². The molecular weight excluding hydrogens is 502 g/mol. The number of aryl methyl sites for hydroxylation is 1. The number of carbonyl (C=O) groups excluding carboxylic acids is 1. The van der Waals surface area contributed by atoms with Gasteiger partial charge in [-0.25, -0.2) is 0 Å². The van der Waals surface area contributed by atoms with E-state index >= 15 is 0 Å². The molecule has 0 radical (unpaired) electrons. The van der Waals surface area contributed by atoms with Crippen molar-refractivity contribution < 1.29 is 9.53 Å². The molecular formula is C25H28ClN5O2S2. The van der Waals surface area contributed by atoms with Gasteiger partial charge in [0.2, 0.25) is 5.91 Å². The Morgan fingerprint density at radius 2 is 2.26 bits per heavy atom. The highest BCUT2D eigenvalue weighted by Crippen LogP contribution is 2.39. The molecule has 2 heterocycles. The Morgan fingerprint density at radius 1 is 1.46 bits per heavy atom. The summed E-state index contributed by atoms with van der Waals surface area (Å²) in [6.45, 7) is 8.73. The predicted molar refractivity (Wildman–Crippen MR) is 141 cm³/mol. The number of carbonyl (C=O) groups is 1. The van der Waals surface area contributed by atoms with Crippen LogP contribution < -0.4 is 10.1 Å². The lowest BCUT2D eigenvalue weighted by molar-refractivity contribution is -0.113. The first-order valence-corrected chi connectivity index (χ1v) is 13.8. The lowest BCUT2D eigenvalue weighted by Gasteiger charge is -2.17. The van der Waals surface area contributed by atoms with E-state index in [0.29, 0.717) is 44.8 Å². The van der Waals surface area contributed by atoms with Crippen molar-refractivity contribution in [2.75, 3.05) is 11.1 Å². The molecule has 0 bridgehead atoms. The number of ether oxygens (including phenoxy) is 1. The van der Waals surface area contributed by atoms with Gasteiger partial charge in [-0.3, -0.25) is 4.79 Å². The fourth-order valence-corrected chi connectivity index (χ4v) is 6.51. The summed E-state index contributed by atoms with van der Waals surface area (Å²) >= 11 is 8.97. The summed E-state index contributed by atoms with van der Waals surface area (Å²) in [4.78, 5) is 14.0. The number of nitrogens with zero attached hydrogens (tertiary/aromatic N) is 4. The number of thioether (sulfide) groups is 1. The average molecular weight is 530 g/mol. The largest absolute Gasteiger partial charge is 0.483 e. The number of aromatic nitrogens is 3. The van der Waals surface area contributed by atoms with Crippen LogP contribution in [0.5, 0.6) is 5.75 Å². The lowest BCUT2D eigenvalue weighted by atomic mass is 9.89. The van der Waals surface area contributed by atoms with Crippen LogP contribution >= 0.6 is 34.7 Å². The van der Waals surface area contributed by atoms with Crippen LogP contribution in [0.4, 0.5) is 5.00 Å². The fraction of sp³-hybridized carbons (Fsp3) is 0.440. The Labute approximate surface area is 218 Å². The van der Waals surface area contributed by atoms with E-state index in [1.165, 1.54) is 28.0 Å². The Bertz CT molecular complexity index is 1280. The van der Waals surface area contributed by atoms with Crippen LogP contribution in [-0.4, -0.2) is 26.4 Å². The van der Waals surface area contributed by atoms with E-state index < -0.39 is 0 Å². The molecule has 7 nitrogen and oxygen atoms in total. The molecule has 1 aromatic carbocycles. The summed E-state index contributed by atoms with van der Waals surface area (Å²) in [7, 11) is 0. The third kappa shape index (κ3) is 5.66. The van der Waals surface area contributed by atoms with Crippen LogP contribution in [0.3, 0.4) is 0 Å². The molecule has 184 valence electrons. The van der Waals surface area contributed by atoms with E-state index in [0.717, 1.165) is 30.4 Å². The normalized spacial score (nSPS) is 15.8. The summed E-state index contributed by atoms with van der Waals surface area (Å²) in [5.41, 5.74) is 2.67. The van der Waals surface area contributed by atoms with E-state index in [1.807, 2.05) is 43.5 Å². The van der Waals surface area contributed by atoms with Gasteiger partial charge < -0.3 is 14.6 Å². The molecule has 1 amide bonds. The van der Waals surface area contributed by atoms with Crippen molar-refractivity contribution in [3.05, 3.63) is 50.6 Å². The average Bonchev–Trinajstić information content (AvgIpc) is 3.39. The highest BCUT2D eigenvalue weighted by atomic mass is 35.5. The van der Waals surface area contributed by atoms with Gasteiger partial charge in [-0.15, -0.1) is 21.5 Å².